The fourth-order valence-electron chi connectivity index (χ4n) is 9.24. The molecule has 0 saturated carbocycles. The molecule has 54 heavy (non-hydrogen) atoms. The van der Waals surface area contributed by atoms with Gasteiger partial charge in [0.1, 0.15) is 0 Å². The molecule has 0 aromatic heterocycles. The van der Waals surface area contributed by atoms with E-state index in [1.54, 1.807) is 0 Å². The number of anilines is 6. The third kappa shape index (κ3) is 4.89. The van der Waals surface area contributed by atoms with Gasteiger partial charge in [0, 0.05) is 34.1 Å². The monoisotopic (exact) mass is 690 g/mol. The van der Waals surface area contributed by atoms with Crippen LogP contribution in [0.5, 0.6) is 0 Å². The SMILES string of the molecule is Cc1cccc(N2c3cc(C)ccc3B3c4ccccc4N(c4ccc(C(c5ccccc5)(c5ccccc5)c5ccccc5)cc4)c4cccc2c43)c1. The number of hydrogen-bond acceptors (Lipinski definition) is 2. The standard InChI is InChI=1S/C51H39BN2/c1-36-16-14-23-43(34-36)54-48-27-15-26-47-50(48)52(45-33-28-37(2)35-49(45)54)44-24-12-13-25-46(44)53(47)42-31-29-41(30-32-42)51(38-17-6-3-7-18-38,39-19-8-4-9-20-39)40-21-10-5-11-22-40/h3-35H,1-2H3. The summed E-state index contributed by atoms with van der Waals surface area (Å²) >= 11 is 0. The van der Waals surface area contributed by atoms with E-state index in [0.717, 1.165) is 5.69 Å². The van der Waals surface area contributed by atoms with Crippen LogP contribution in [0.15, 0.2) is 200 Å². The summed E-state index contributed by atoms with van der Waals surface area (Å²) in [5, 5.41) is 0. The normalized spacial score (nSPS) is 12.9. The average Bonchev–Trinajstić information content (AvgIpc) is 3.22. The van der Waals surface area contributed by atoms with Crippen LogP contribution in [0.1, 0.15) is 33.4 Å². The highest BCUT2D eigenvalue weighted by molar-refractivity contribution is 7.00. The third-order valence-electron chi connectivity index (χ3n) is 11.5. The topological polar surface area (TPSA) is 6.48 Å². The molecule has 0 spiro atoms. The van der Waals surface area contributed by atoms with Gasteiger partial charge >= 0.3 is 0 Å². The second-order valence-electron chi connectivity index (χ2n) is 14.7. The van der Waals surface area contributed by atoms with Crippen LogP contribution in [0.25, 0.3) is 0 Å². The van der Waals surface area contributed by atoms with Crippen LogP contribution in [0, 0.1) is 13.8 Å². The second kappa shape index (κ2) is 12.8. The molecule has 8 aromatic carbocycles. The van der Waals surface area contributed by atoms with Gasteiger partial charge < -0.3 is 9.80 Å². The molecule has 2 heterocycles. The molecule has 2 aliphatic rings. The Kier molecular flexibility index (Phi) is 7.62. The largest absolute Gasteiger partial charge is 0.311 e. The summed E-state index contributed by atoms with van der Waals surface area (Å²) in [4.78, 5) is 4.96. The van der Waals surface area contributed by atoms with Gasteiger partial charge in [-0.1, -0.05) is 152 Å². The van der Waals surface area contributed by atoms with Crippen molar-refractivity contribution < 1.29 is 0 Å². The molecule has 10 rings (SSSR count). The van der Waals surface area contributed by atoms with Gasteiger partial charge in [0.05, 0.1) is 5.41 Å². The zero-order valence-electron chi connectivity index (χ0n) is 30.5. The summed E-state index contributed by atoms with van der Waals surface area (Å²) in [5.41, 5.74) is 18.2. The predicted molar refractivity (Wildman–Crippen MR) is 228 cm³/mol. The maximum absolute atomic E-state index is 2.48. The molecular formula is C51H39BN2. The van der Waals surface area contributed by atoms with E-state index in [1.165, 1.54) is 78.2 Å². The molecule has 0 N–H and O–H groups in total. The number of para-hydroxylation sites is 1. The van der Waals surface area contributed by atoms with Crippen LogP contribution in [0.4, 0.5) is 34.1 Å². The molecule has 0 amide bonds. The zero-order valence-corrected chi connectivity index (χ0v) is 30.5. The van der Waals surface area contributed by atoms with Crippen LogP contribution >= 0.6 is 0 Å². The fourth-order valence-corrected chi connectivity index (χ4v) is 9.24. The van der Waals surface area contributed by atoms with E-state index in [-0.39, 0.29) is 6.71 Å². The number of nitrogens with zero attached hydrogens (tertiary/aromatic N) is 2. The highest BCUT2D eigenvalue weighted by Gasteiger charge is 2.43. The summed E-state index contributed by atoms with van der Waals surface area (Å²) < 4.78 is 0. The molecule has 256 valence electrons. The van der Waals surface area contributed by atoms with Crippen molar-refractivity contribution in [2.24, 2.45) is 0 Å². The van der Waals surface area contributed by atoms with Crippen LogP contribution in [0.2, 0.25) is 0 Å². The van der Waals surface area contributed by atoms with E-state index in [2.05, 4.69) is 224 Å². The summed E-state index contributed by atoms with van der Waals surface area (Å²) in [6.07, 6.45) is 0. The van der Waals surface area contributed by atoms with Crippen molar-refractivity contribution in [1.82, 2.24) is 0 Å². The first-order valence-electron chi connectivity index (χ1n) is 18.9. The molecule has 0 aliphatic carbocycles. The molecule has 0 unspecified atom stereocenters. The van der Waals surface area contributed by atoms with Crippen molar-refractivity contribution in [2.75, 3.05) is 9.80 Å². The van der Waals surface area contributed by atoms with Crippen molar-refractivity contribution in [3.8, 4) is 0 Å². The maximum Gasteiger partial charge on any atom is 0.252 e. The van der Waals surface area contributed by atoms with E-state index < -0.39 is 5.41 Å². The lowest BCUT2D eigenvalue weighted by atomic mass is 9.33. The highest BCUT2D eigenvalue weighted by Crippen LogP contribution is 2.47. The van der Waals surface area contributed by atoms with Crippen molar-refractivity contribution >= 4 is 57.2 Å². The van der Waals surface area contributed by atoms with E-state index in [9.17, 15) is 0 Å². The Morgan fingerprint density at radius 3 is 1.44 bits per heavy atom. The van der Waals surface area contributed by atoms with Crippen LogP contribution < -0.4 is 26.2 Å². The first-order chi connectivity index (χ1) is 26.6. The molecule has 0 radical (unpaired) electrons. The molecule has 0 bridgehead atoms. The summed E-state index contributed by atoms with van der Waals surface area (Å²) in [7, 11) is 0. The Labute approximate surface area is 318 Å². The molecule has 2 nitrogen and oxygen atoms in total. The van der Waals surface area contributed by atoms with E-state index in [1.807, 2.05) is 0 Å². The van der Waals surface area contributed by atoms with Gasteiger partial charge in [0.2, 0.25) is 0 Å². The minimum atomic E-state index is -0.505. The molecule has 0 saturated heterocycles. The van der Waals surface area contributed by atoms with Gasteiger partial charge in [-0.3, -0.25) is 0 Å². The first kappa shape index (κ1) is 32.1. The Morgan fingerprint density at radius 2 is 0.833 bits per heavy atom. The van der Waals surface area contributed by atoms with Gasteiger partial charge in [-0.2, -0.15) is 0 Å². The summed E-state index contributed by atoms with van der Waals surface area (Å²) in [6, 6.07) is 74.0. The van der Waals surface area contributed by atoms with Gasteiger partial charge in [-0.15, -0.1) is 0 Å². The lowest BCUT2D eigenvalue weighted by Gasteiger charge is -2.44. The van der Waals surface area contributed by atoms with Crippen LogP contribution in [0.3, 0.4) is 0 Å². The Morgan fingerprint density at radius 1 is 0.352 bits per heavy atom. The lowest BCUT2D eigenvalue weighted by molar-refractivity contribution is 0.745. The van der Waals surface area contributed by atoms with Crippen LogP contribution in [-0.2, 0) is 5.41 Å². The van der Waals surface area contributed by atoms with Crippen molar-refractivity contribution in [1.29, 1.82) is 0 Å². The van der Waals surface area contributed by atoms with Crippen molar-refractivity contribution in [3.05, 3.63) is 234 Å². The second-order valence-corrected chi connectivity index (χ2v) is 14.7. The van der Waals surface area contributed by atoms with Crippen molar-refractivity contribution in [3.63, 3.8) is 0 Å². The maximum atomic E-state index is 2.48. The van der Waals surface area contributed by atoms with Crippen LogP contribution in [-0.4, -0.2) is 6.71 Å². The van der Waals surface area contributed by atoms with Gasteiger partial charge in [0.25, 0.3) is 6.71 Å². The predicted octanol–water partition coefficient (Wildman–Crippen LogP) is 10.8. The Hall–Kier alpha value is -6.58. The molecule has 0 atom stereocenters. The van der Waals surface area contributed by atoms with E-state index in [0.29, 0.717) is 0 Å². The van der Waals surface area contributed by atoms with Gasteiger partial charge in [-0.05, 0) is 112 Å². The van der Waals surface area contributed by atoms with Crippen molar-refractivity contribution in [2.45, 2.75) is 19.3 Å². The molecule has 3 heteroatoms. The molecular weight excluding hydrogens is 651 g/mol. The summed E-state index contributed by atoms with van der Waals surface area (Å²) in [6.45, 7) is 4.49. The number of benzene rings is 8. The van der Waals surface area contributed by atoms with E-state index in [4.69, 9.17) is 0 Å². The lowest BCUT2D eigenvalue weighted by Crippen LogP contribution is -2.61. The third-order valence-corrected chi connectivity index (χ3v) is 11.5. The smallest absolute Gasteiger partial charge is 0.252 e. The fraction of sp³-hybridized carbons (Fsp3) is 0.0588. The molecule has 2 aliphatic heterocycles. The highest BCUT2D eigenvalue weighted by atomic mass is 15.2. The molecule has 8 aromatic rings. The number of rotatable bonds is 6. The van der Waals surface area contributed by atoms with E-state index >= 15 is 0 Å². The van der Waals surface area contributed by atoms with Gasteiger partial charge in [0.15, 0.2) is 0 Å². The number of hydrogen-bond donors (Lipinski definition) is 0. The average molecular weight is 691 g/mol. The summed E-state index contributed by atoms with van der Waals surface area (Å²) in [5.74, 6) is 0. The first-order valence-corrected chi connectivity index (χ1v) is 18.9. The number of aryl methyl sites for hydroxylation is 2. The quantitative estimate of drug-likeness (QED) is 0.127. The minimum absolute atomic E-state index is 0.112. The molecule has 0 fully saturated rings. The van der Waals surface area contributed by atoms with Gasteiger partial charge in [-0.25, -0.2) is 0 Å². The Balaban J connectivity index is 1.19. The Bertz CT molecular complexity index is 2540. The number of fused-ring (bicyclic) bond motifs is 4. The zero-order chi connectivity index (χ0) is 36.2. The minimum Gasteiger partial charge on any atom is -0.311 e.